The number of aliphatic hydroxyl groups excluding tert-OH is 2. The van der Waals surface area contributed by atoms with E-state index >= 15 is 0 Å². The fraction of sp³-hybridized carbons (Fsp3) is 0.366. The molecule has 4 aromatic carbocycles. The Morgan fingerprint density at radius 1 is 0.545 bits per heavy atom. The van der Waals surface area contributed by atoms with Crippen LogP contribution in [-0.4, -0.2) is 88.8 Å². The maximum absolute atomic E-state index is 12.4. The highest BCUT2D eigenvalue weighted by Gasteiger charge is 2.20. The van der Waals surface area contributed by atoms with Crippen molar-refractivity contribution in [2.45, 2.75) is 70.6 Å². The lowest BCUT2D eigenvalue weighted by Crippen LogP contribution is -2.10. The summed E-state index contributed by atoms with van der Waals surface area (Å²) in [6.07, 6.45) is 5.31. The number of ether oxygens (including phenoxy) is 2. The summed E-state index contributed by atoms with van der Waals surface area (Å²) in [5.74, 6) is -0.818. The van der Waals surface area contributed by atoms with Gasteiger partial charge in [-0.2, -0.15) is 0 Å². The molecule has 0 aliphatic heterocycles. The predicted molar refractivity (Wildman–Crippen MR) is 204 cm³/mol. The average Bonchev–Trinajstić information content (AvgIpc) is 3.82. The minimum Gasteiger partial charge on any atom is -0.505 e. The number of carbonyl (C=O) groups excluding carboxylic acids is 2. The number of nitrogens with zero attached hydrogens (tertiary/aromatic N) is 6. The topological polar surface area (TPSA) is 195 Å². The zero-order valence-corrected chi connectivity index (χ0v) is 30.6. The van der Waals surface area contributed by atoms with E-state index in [1.54, 1.807) is 12.1 Å². The number of esters is 2. The summed E-state index contributed by atoms with van der Waals surface area (Å²) in [5.41, 5.74) is 5.64. The fourth-order valence-electron chi connectivity index (χ4n) is 6.31. The number of aliphatic hydroxyl groups is 2. The van der Waals surface area contributed by atoms with Crippen molar-refractivity contribution in [2.24, 2.45) is 0 Å². The van der Waals surface area contributed by atoms with Gasteiger partial charge < -0.3 is 29.9 Å². The first kappa shape index (κ1) is 38.9. The molecule has 0 aliphatic carbocycles. The zero-order valence-electron chi connectivity index (χ0n) is 30.6. The van der Waals surface area contributed by atoms with Crippen molar-refractivity contribution < 1.29 is 39.5 Å². The van der Waals surface area contributed by atoms with Gasteiger partial charge in [0.1, 0.15) is 44.9 Å². The van der Waals surface area contributed by atoms with Crippen LogP contribution in [0, 0.1) is 0 Å². The highest BCUT2D eigenvalue weighted by Crippen LogP contribution is 2.35. The van der Waals surface area contributed by atoms with Gasteiger partial charge >= 0.3 is 11.9 Å². The van der Waals surface area contributed by atoms with Crippen LogP contribution in [0.25, 0.3) is 33.4 Å². The van der Waals surface area contributed by atoms with Crippen molar-refractivity contribution in [3.05, 3.63) is 95.1 Å². The van der Waals surface area contributed by atoms with E-state index in [1.807, 2.05) is 60.7 Å². The molecule has 0 saturated carbocycles. The third-order valence-corrected chi connectivity index (χ3v) is 9.23. The summed E-state index contributed by atoms with van der Waals surface area (Å²) in [5, 5.41) is 59.9. The molecular formula is C41H46N6O8. The molecule has 288 valence electrons. The van der Waals surface area contributed by atoms with E-state index in [1.165, 1.54) is 9.59 Å². The summed E-state index contributed by atoms with van der Waals surface area (Å²) in [7, 11) is 0. The van der Waals surface area contributed by atoms with E-state index in [0.29, 0.717) is 83.1 Å². The van der Waals surface area contributed by atoms with Gasteiger partial charge in [-0.25, -0.2) is 0 Å². The molecule has 4 N–H and O–H groups in total. The number of hydrogen-bond acceptors (Lipinski definition) is 12. The van der Waals surface area contributed by atoms with Crippen molar-refractivity contribution in [2.75, 3.05) is 26.4 Å². The van der Waals surface area contributed by atoms with E-state index in [0.717, 1.165) is 24.0 Å². The Morgan fingerprint density at radius 3 is 1.29 bits per heavy atom. The van der Waals surface area contributed by atoms with Gasteiger partial charge in [0.05, 0.1) is 13.2 Å². The van der Waals surface area contributed by atoms with E-state index < -0.39 is 0 Å². The van der Waals surface area contributed by atoms with Crippen molar-refractivity contribution in [3.63, 3.8) is 0 Å². The number of aromatic nitrogens is 6. The maximum Gasteiger partial charge on any atom is 0.305 e. The predicted octanol–water partition coefficient (Wildman–Crippen LogP) is 5.43. The molecule has 2 heterocycles. The Balaban J connectivity index is 1.31. The van der Waals surface area contributed by atoms with Crippen LogP contribution in [0.4, 0.5) is 0 Å². The van der Waals surface area contributed by atoms with Crippen molar-refractivity contribution in [1.29, 1.82) is 0 Å². The molecule has 0 aliphatic rings. The Bertz CT molecular complexity index is 2010. The number of hydrogen-bond donors (Lipinski definition) is 4. The number of carbonyl (C=O) groups is 2. The monoisotopic (exact) mass is 750 g/mol. The third-order valence-electron chi connectivity index (χ3n) is 9.23. The van der Waals surface area contributed by atoms with Gasteiger partial charge in [-0.05, 0) is 73.2 Å². The van der Waals surface area contributed by atoms with Gasteiger partial charge in [0, 0.05) is 56.4 Å². The van der Waals surface area contributed by atoms with Crippen LogP contribution in [0.1, 0.15) is 73.6 Å². The molecule has 0 fully saturated rings. The summed E-state index contributed by atoms with van der Waals surface area (Å²) in [6.45, 7) is 0.399. The van der Waals surface area contributed by atoms with Gasteiger partial charge in [0.25, 0.3) is 0 Å². The highest BCUT2D eigenvalue weighted by atomic mass is 16.5. The molecule has 0 saturated heterocycles. The van der Waals surface area contributed by atoms with Crippen molar-refractivity contribution >= 4 is 34.0 Å². The Morgan fingerprint density at radius 2 is 0.927 bits per heavy atom. The SMILES string of the molecule is O=C(CCCCCO)OCCc1cc(Cc2cc(CCOC(=O)CCCCCO)cc(-n3nc4ccccc4n3)c2O)c(O)c(-n2nc3ccccc3n2)c1. The number of phenolic OH excluding ortho intramolecular Hbond substituents is 2. The summed E-state index contributed by atoms with van der Waals surface area (Å²) in [4.78, 5) is 27.5. The fourth-order valence-corrected chi connectivity index (χ4v) is 6.31. The Hall–Kier alpha value is -5.86. The van der Waals surface area contributed by atoms with Crippen LogP contribution in [0.2, 0.25) is 0 Å². The second kappa shape index (κ2) is 18.9. The number of rotatable bonds is 20. The molecule has 0 amide bonds. The molecule has 0 atom stereocenters. The molecule has 0 unspecified atom stereocenters. The van der Waals surface area contributed by atoms with E-state index in [9.17, 15) is 19.8 Å². The number of fused-ring (bicyclic) bond motifs is 2. The largest absolute Gasteiger partial charge is 0.505 e. The van der Waals surface area contributed by atoms with E-state index in [-0.39, 0.29) is 69.1 Å². The van der Waals surface area contributed by atoms with Gasteiger partial charge in [-0.3, -0.25) is 9.59 Å². The van der Waals surface area contributed by atoms with Crippen molar-refractivity contribution in [3.8, 4) is 22.9 Å². The molecule has 6 aromatic rings. The Labute approximate surface area is 317 Å². The van der Waals surface area contributed by atoms with Gasteiger partial charge in [-0.15, -0.1) is 30.0 Å². The first-order valence-corrected chi connectivity index (χ1v) is 18.7. The van der Waals surface area contributed by atoms with Crippen LogP contribution in [0.3, 0.4) is 0 Å². The smallest absolute Gasteiger partial charge is 0.305 e. The molecule has 0 spiro atoms. The molecule has 6 rings (SSSR count). The summed E-state index contributed by atoms with van der Waals surface area (Å²) in [6, 6.07) is 21.8. The Kier molecular flexibility index (Phi) is 13.4. The van der Waals surface area contributed by atoms with Crippen LogP contribution in [-0.2, 0) is 38.3 Å². The first-order valence-electron chi connectivity index (χ1n) is 18.7. The second-order valence-corrected chi connectivity index (χ2v) is 13.4. The van der Waals surface area contributed by atoms with Gasteiger partial charge in [0.2, 0.25) is 0 Å². The summed E-state index contributed by atoms with van der Waals surface area (Å²) < 4.78 is 11.0. The maximum atomic E-state index is 12.4. The minimum absolute atomic E-state index is 0.0796. The average molecular weight is 751 g/mol. The molecule has 0 radical (unpaired) electrons. The standard InChI is InChI=1S/C41H46N6O8/c48-19-9-1-3-15-38(50)54-21-17-28-23-30(40(52)36(25-28)46-42-32-11-5-6-12-33(32)43-46)27-31-24-29(18-22-55-39(51)16-4-2-10-20-49)26-37(41(31)53)47-44-34-13-7-8-14-35(34)45-47/h5-8,11-14,23-26,48-49,52-53H,1-4,9-10,15-22,27H2. The summed E-state index contributed by atoms with van der Waals surface area (Å²) >= 11 is 0. The molecule has 2 aromatic heterocycles. The highest BCUT2D eigenvalue weighted by molar-refractivity contribution is 5.75. The first-order chi connectivity index (χ1) is 26.8. The van der Waals surface area contributed by atoms with Gasteiger partial charge in [-0.1, -0.05) is 49.2 Å². The molecule has 14 nitrogen and oxygen atoms in total. The van der Waals surface area contributed by atoms with E-state index in [4.69, 9.17) is 19.7 Å². The molecular weight excluding hydrogens is 704 g/mol. The minimum atomic E-state index is -0.321. The zero-order chi connectivity index (χ0) is 38.6. The number of phenols is 2. The quantitative estimate of drug-likeness (QED) is 0.0572. The lowest BCUT2D eigenvalue weighted by Gasteiger charge is -2.16. The van der Waals surface area contributed by atoms with Crippen LogP contribution in [0.15, 0.2) is 72.8 Å². The number of aromatic hydroxyl groups is 2. The lowest BCUT2D eigenvalue weighted by atomic mass is 9.96. The number of benzene rings is 4. The van der Waals surface area contributed by atoms with Crippen LogP contribution in [0.5, 0.6) is 11.5 Å². The molecule has 0 bridgehead atoms. The van der Waals surface area contributed by atoms with Crippen LogP contribution < -0.4 is 0 Å². The lowest BCUT2D eigenvalue weighted by molar-refractivity contribution is -0.144. The van der Waals surface area contributed by atoms with Crippen LogP contribution >= 0.6 is 0 Å². The molecule has 14 heteroatoms. The normalized spacial score (nSPS) is 11.4. The van der Waals surface area contributed by atoms with Gasteiger partial charge in [0.15, 0.2) is 0 Å². The van der Waals surface area contributed by atoms with E-state index in [2.05, 4.69) is 20.4 Å². The third kappa shape index (κ3) is 10.2. The second-order valence-electron chi connectivity index (χ2n) is 13.4. The number of unbranched alkanes of at least 4 members (excludes halogenated alkanes) is 4. The van der Waals surface area contributed by atoms with Crippen molar-refractivity contribution in [1.82, 2.24) is 30.0 Å². The molecule has 55 heavy (non-hydrogen) atoms.